The number of ether oxygens (including phenoxy) is 1. The van der Waals surface area contributed by atoms with Gasteiger partial charge in [-0.15, -0.1) is 0 Å². The molecule has 0 atom stereocenters. The average molecular weight is 293 g/mol. The first-order chi connectivity index (χ1) is 9.42. The molecule has 0 fully saturated rings. The van der Waals surface area contributed by atoms with Crippen LogP contribution in [0.1, 0.15) is 5.56 Å². The van der Waals surface area contributed by atoms with E-state index >= 15 is 0 Å². The minimum absolute atomic E-state index is 0.0670. The SMILES string of the molecule is COc1ccc(S(=O)(=O)Nc2cncc(C)c2)cc1N. The number of nitrogen functional groups attached to an aromatic ring is 1. The van der Waals surface area contributed by atoms with Gasteiger partial charge in [-0.2, -0.15) is 0 Å². The van der Waals surface area contributed by atoms with Gasteiger partial charge in [-0.3, -0.25) is 9.71 Å². The maximum Gasteiger partial charge on any atom is 0.262 e. The molecule has 0 saturated carbocycles. The number of methoxy groups -OCH3 is 1. The molecule has 0 aliphatic carbocycles. The second-order valence-corrected chi connectivity index (χ2v) is 5.94. The van der Waals surface area contributed by atoms with Crippen molar-refractivity contribution in [3.8, 4) is 5.75 Å². The summed E-state index contributed by atoms with van der Waals surface area (Å²) in [5, 5.41) is 0. The first kappa shape index (κ1) is 14.1. The zero-order valence-electron chi connectivity index (χ0n) is 11.1. The molecule has 1 aromatic heterocycles. The van der Waals surface area contributed by atoms with Gasteiger partial charge in [0.05, 0.1) is 29.6 Å². The molecule has 2 rings (SSSR count). The first-order valence-corrected chi connectivity index (χ1v) is 7.28. The summed E-state index contributed by atoms with van der Waals surface area (Å²) in [7, 11) is -2.23. The normalized spacial score (nSPS) is 11.1. The van der Waals surface area contributed by atoms with E-state index in [2.05, 4.69) is 9.71 Å². The Balaban J connectivity index is 2.33. The molecule has 1 heterocycles. The van der Waals surface area contributed by atoms with Gasteiger partial charge in [-0.05, 0) is 36.8 Å². The van der Waals surface area contributed by atoms with Crippen molar-refractivity contribution < 1.29 is 13.2 Å². The molecular weight excluding hydrogens is 278 g/mol. The number of aromatic nitrogens is 1. The molecule has 0 aliphatic rings. The number of aryl methyl sites for hydroxylation is 1. The van der Waals surface area contributed by atoms with Gasteiger partial charge < -0.3 is 10.5 Å². The van der Waals surface area contributed by atoms with E-state index in [-0.39, 0.29) is 10.6 Å². The summed E-state index contributed by atoms with van der Waals surface area (Å²) < 4.78 is 31.9. The van der Waals surface area contributed by atoms with Crippen molar-refractivity contribution in [3.63, 3.8) is 0 Å². The van der Waals surface area contributed by atoms with Crippen molar-refractivity contribution in [1.82, 2.24) is 4.98 Å². The van der Waals surface area contributed by atoms with Crippen LogP contribution < -0.4 is 15.2 Å². The quantitative estimate of drug-likeness (QED) is 0.838. The number of hydrogen-bond donors (Lipinski definition) is 2. The molecule has 0 bridgehead atoms. The highest BCUT2D eigenvalue weighted by Gasteiger charge is 2.16. The lowest BCUT2D eigenvalue weighted by molar-refractivity contribution is 0.416. The number of rotatable bonds is 4. The van der Waals surface area contributed by atoms with E-state index in [1.54, 1.807) is 12.3 Å². The summed E-state index contributed by atoms with van der Waals surface area (Å²) in [6.45, 7) is 1.83. The number of hydrogen-bond acceptors (Lipinski definition) is 5. The summed E-state index contributed by atoms with van der Waals surface area (Å²) in [4.78, 5) is 4.00. The number of pyridine rings is 1. The van der Waals surface area contributed by atoms with Crippen molar-refractivity contribution >= 4 is 21.4 Å². The van der Waals surface area contributed by atoms with E-state index < -0.39 is 10.0 Å². The Bertz CT molecular complexity index is 729. The van der Waals surface area contributed by atoms with Crippen molar-refractivity contribution in [2.75, 3.05) is 17.6 Å². The van der Waals surface area contributed by atoms with E-state index in [1.807, 2.05) is 6.92 Å². The van der Waals surface area contributed by atoms with Crippen molar-refractivity contribution in [2.45, 2.75) is 11.8 Å². The fourth-order valence-corrected chi connectivity index (χ4v) is 2.77. The van der Waals surface area contributed by atoms with E-state index in [0.717, 1.165) is 5.56 Å². The van der Waals surface area contributed by atoms with E-state index in [1.165, 1.54) is 31.5 Å². The Morgan fingerprint density at radius 3 is 2.60 bits per heavy atom. The predicted octanol–water partition coefficient (Wildman–Crippen LogP) is 1.78. The number of anilines is 2. The topological polar surface area (TPSA) is 94.3 Å². The Kier molecular flexibility index (Phi) is 3.80. The molecule has 0 amide bonds. The minimum atomic E-state index is -3.70. The highest BCUT2D eigenvalue weighted by Crippen LogP contribution is 2.25. The first-order valence-electron chi connectivity index (χ1n) is 5.80. The van der Waals surface area contributed by atoms with Crippen LogP contribution in [-0.4, -0.2) is 20.5 Å². The monoisotopic (exact) mass is 293 g/mol. The molecule has 1 aromatic carbocycles. The summed E-state index contributed by atoms with van der Waals surface area (Å²) in [6, 6.07) is 5.99. The summed E-state index contributed by atoms with van der Waals surface area (Å²) >= 11 is 0. The Morgan fingerprint density at radius 2 is 2.00 bits per heavy atom. The zero-order chi connectivity index (χ0) is 14.8. The number of nitrogens with one attached hydrogen (secondary N) is 1. The Morgan fingerprint density at radius 1 is 1.25 bits per heavy atom. The molecule has 20 heavy (non-hydrogen) atoms. The summed E-state index contributed by atoms with van der Waals surface area (Å²) in [5.41, 5.74) is 7.24. The van der Waals surface area contributed by atoms with E-state index in [4.69, 9.17) is 10.5 Å². The number of nitrogens with two attached hydrogens (primary N) is 1. The predicted molar refractivity (Wildman–Crippen MR) is 77.2 cm³/mol. The van der Waals surface area contributed by atoms with Gasteiger partial charge in [0.25, 0.3) is 10.0 Å². The maximum atomic E-state index is 12.2. The fraction of sp³-hybridized carbons (Fsp3) is 0.154. The molecule has 7 heteroatoms. The number of nitrogens with zero attached hydrogens (tertiary/aromatic N) is 1. The summed E-state index contributed by atoms with van der Waals surface area (Å²) in [5.74, 6) is 0.432. The molecule has 0 saturated heterocycles. The van der Waals surface area contributed by atoms with Crippen LogP contribution in [0.15, 0.2) is 41.6 Å². The van der Waals surface area contributed by atoms with Crippen LogP contribution in [0, 0.1) is 6.92 Å². The van der Waals surface area contributed by atoms with Crippen LogP contribution in [-0.2, 0) is 10.0 Å². The molecule has 0 spiro atoms. The number of benzene rings is 1. The van der Waals surface area contributed by atoms with Crippen LogP contribution in [0.5, 0.6) is 5.75 Å². The maximum absolute atomic E-state index is 12.2. The van der Waals surface area contributed by atoms with Gasteiger partial charge in [0, 0.05) is 6.20 Å². The van der Waals surface area contributed by atoms with E-state index in [9.17, 15) is 8.42 Å². The van der Waals surface area contributed by atoms with Crippen LogP contribution >= 0.6 is 0 Å². The van der Waals surface area contributed by atoms with Crippen molar-refractivity contribution in [2.24, 2.45) is 0 Å². The molecular formula is C13H15N3O3S. The van der Waals surface area contributed by atoms with Crippen LogP contribution in [0.4, 0.5) is 11.4 Å². The lowest BCUT2D eigenvalue weighted by Gasteiger charge is -2.10. The second-order valence-electron chi connectivity index (χ2n) is 4.26. The van der Waals surface area contributed by atoms with Gasteiger partial charge in [0.1, 0.15) is 5.75 Å². The van der Waals surface area contributed by atoms with Crippen LogP contribution in [0.2, 0.25) is 0 Å². The average Bonchev–Trinajstić information content (AvgIpc) is 2.38. The van der Waals surface area contributed by atoms with Gasteiger partial charge in [-0.25, -0.2) is 8.42 Å². The van der Waals surface area contributed by atoms with Crippen LogP contribution in [0.25, 0.3) is 0 Å². The molecule has 0 unspecified atom stereocenters. The molecule has 2 aromatic rings. The smallest absolute Gasteiger partial charge is 0.262 e. The molecule has 3 N–H and O–H groups in total. The standard InChI is InChI=1S/C13H15N3O3S/c1-9-5-10(8-15-7-9)16-20(17,18)11-3-4-13(19-2)12(14)6-11/h3-8,16H,14H2,1-2H3. The van der Waals surface area contributed by atoms with Gasteiger partial charge in [-0.1, -0.05) is 0 Å². The Hall–Kier alpha value is -2.28. The zero-order valence-corrected chi connectivity index (χ0v) is 11.9. The minimum Gasteiger partial charge on any atom is -0.495 e. The third kappa shape index (κ3) is 3.00. The largest absolute Gasteiger partial charge is 0.495 e. The highest BCUT2D eigenvalue weighted by atomic mass is 32.2. The Labute approximate surface area is 117 Å². The van der Waals surface area contributed by atoms with Crippen LogP contribution in [0.3, 0.4) is 0 Å². The summed E-state index contributed by atoms with van der Waals surface area (Å²) in [6.07, 6.45) is 3.08. The second kappa shape index (κ2) is 5.38. The lowest BCUT2D eigenvalue weighted by Crippen LogP contribution is -2.13. The van der Waals surface area contributed by atoms with Gasteiger partial charge in [0.2, 0.25) is 0 Å². The van der Waals surface area contributed by atoms with Gasteiger partial charge in [0.15, 0.2) is 0 Å². The molecule has 0 radical (unpaired) electrons. The third-order valence-electron chi connectivity index (χ3n) is 2.64. The highest BCUT2D eigenvalue weighted by molar-refractivity contribution is 7.92. The molecule has 0 aliphatic heterocycles. The van der Waals surface area contributed by atoms with Gasteiger partial charge >= 0.3 is 0 Å². The van der Waals surface area contributed by atoms with Crippen molar-refractivity contribution in [1.29, 1.82) is 0 Å². The number of sulfonamides is 1. The fourth-order valence-electron chi connectivity index (χ4n) is 1.70. The van der Waals surface area contributed by atoms with Crippen molar-refractivity contribution in [3.05, 3.63) is 42.2 Å². The van der Waals surface area contributed by atoms with E-state index in [0.29, 0.717) is 11.4 Å². The molecule has 106 valence electrons. The molecule has 6 nitrogen and oxygen atoms in total. The lowest BCUT2D eigenvalue weighted by atomic mass is 10.3. The third-order valence-corrected chi connectivity index (χ3v) is 4.02.